The van der Waals surface area contributed by atoms with Crippen LogP contribution < -0.4 is 10.9 Å². The molecule has 4 heteroatoms. The van der Waals surface area contributed by atoms with Gasteiger partial charge in [0.05, 0.1) is 5.69 Å². The monoisotopic (exact) mass is 230 g/mol. The first-order chi connectivity index (χ1) is 8.18. The number of anilines is 1. The highest BCUT2D eigenvalue weighted by molar-refractivity contribution is 6.05. The van der Waals surface area contributed by atoms with Crippen molar-refractivity contribution in [3.8, 4) is 0 Å². The highest BCUT2D eigenvalue weighted by Gasteiger charge is 2.13. The van der Waals surface area contributed by atoms with Gasteiger partial charge >= 0.3 is 0 Å². The van der Waals surface area contributed by atoms with Crippen molar-refractivity contribution >= 4 is 11.6 Å². The number of nitrogens with zero attached hydrogens (tertiary/aromatic N) is 1. The van der Waals surface area contributed by atoms with Gasteiger partial charge in [-0.2, -0.15) is 0 Å². The van der Waals surface area contributed by atoms with E-state index in [0.29, 0.717) is 11.3 Å². The molecule has 0 aliphatic heterocycles. The number of carbonyl (C=O) groups excluding carboxylic acids is 1. The smallest absolute Gasteiger partial charge is 0.267 e. The van der Waals surface area contributed by atoms with Crippen molar-refractivity contribution in [3.05, 3.63) is 66.0 Å². The van der Waals surface area contributed by atoms with Crippen molar-refractivity contribution in [2.24, 2.45) is 5.84 Å². The van der Waals surface area contributed by atoms with Crippen molar-refractivity contribution < 1.29 is 9.18 Å². The van der Waals surface area contributed by atoms with E-state index in [4.69, 9.17) is 5.84 Å². The largest absolute Gasteiger partial charge is 0.272 e. The lowest BCUT2D eigenvalue weighted by molar-refractivity contribution is 0.0987. The summed E-state index contributed by atoms with van der Waals surface area (Å²) in [6, 6.07) is 14.1. The van der Waals surface area contributed by atoms with Crippen LogP contribution in [0.1, 0.15) is 10.4 Å². The Kier molecular flexibility index (Phi) is 3.16. The molecule has 0 bridgehead atoms. The Labute approximate surface area is 98.3 Å². The van der Waals surface area contributed by atoms with Crippen molar-refractivity contribution in [2.75, 3.05) is 5.01 Å². The third kappa shape index (κ3) is 2.49. The molecule has 86 valence electrons. The van der Waals surface area contributed by atoms with Gasteiger partial charge in [0, 0.05) is 5.56 Å². The number of para-hydroxylation sites is 1. The Hall–Kier alpha value is -2.20. The number of hydrogen-bond donors (Lipinski definition) is 1. The lowest BCUT2D eigenvalue weighted by atomic mass is 10.2. The van der Waals surface area contributed by atoms with Gasteiger partial charge < -0.3 is 0 Å². The molecule has 0 unspecified atom stereocenters. The Morgan fingerprint density at radius 3 is 2.18 bits per heavy atom. The lowest BCUT2D eigenvalue weighted by Gasteiger charge is -2.16. The van der Waals surface area contributed by atoms with Crippen LogP contribution in [-0.2, 0) is 0 Å². The molecule has 0 aliphatic rings. The molecule has 2 rings (SSSR count). The zero-order valence-corrected chi connectivity index (χ0v) is 9.01. The molecule has 0 heterocycles. The summed E-state index contributed by atoms with van der Waals surface area (Å²) < 4.78 is 12.7. The van der Waals surface area contributed by atoms with Crippen LogP contribution in [0.25, 0.3) is 0 Å². The van der Waals surface area contributed by atoms with E-state index in [1.54, 1.807) is 24.3 Å². The van der Waals surface area contributed by atoms with Gasteiger partial charge in [-0.25, -0.2) is 15.2 Å². The minimum atomic E-state index is -0.384. The zero-order valence-electron chi connectivity index (χ0n) is 9.01. The van der Waals surface area contributed by atoms with Gasteiger partial charge in [-0.15, -0.1) is 0 Å². The number of amides is 1. The predicted molar refractivity (Wildman–Crippen MR) is 63.8 cm³/mol. The van der Waals surface area contributed by atoms with Crippen LogP contribution in [0.2, 0.25) is 0 Å². The summed E-state index contributed by atoms with van der Waals surface area (Å²) in [5, 5.41) is 1.03. The second-order valence-electron chi connectivity index (χ2n) is 3.52. The summed E-state index contributed by atoms with van der Waals surface area (Å²) in [5.74, 6) is 4.94. The molecule has 2 N–H and O–H groups in total. The average molecular weight is 230 g/mol. The summed E-state index contributed by atoms with van der Waals surface area (Å²) in [5.41, 5.74) is 0.930. The topological polar surface area (TPSA) is 46.3 Å². The van der Waals surface area contributed by atoms with E-state index in [1.807, 2.05) is 6.07 Å². The van der Waals surface area contributed by atoms with Crippen LogP contribution in [0.5, 0.6) is 0 Å². The highest BCUT2D eigenvalue weighted by Crippen LogP contribution is 2.13. The van der Waals surface area contributed by atoms with Crippen molar-refractivity contribution in [2.45, 2.75) is 0 Å². The molecular formula is C13H11FN2O. The molecular weight excluding hydrogens is 219 g/mol. The van der Waals surface area contributed by atoms with Crippen LogP contribution >= 0.6 is 0 Å². The Morgan fingerprint density at radius 2 is 1.59 bits per heavy atom. The Morgan fingerprint density at radius 1 is 1.00 bits per heavy atom. The van der Waals surface area contributed by atoms with E-state index < -0.39 is 0 Å². The van der Waals surface area contributed by atoms with Gasteiger partial charge in [0.25, 0.3) is 5.91 Å². The second kappa shape index (κ2) is 4.76. The maximum absolute atomic E-state index is 12.7. The SMILES string of the molecule is NN(C(=O)c1ccc(F)cc1)c1ccccc1. The lowest BCUT2D eigenvalue weighted by Crippen LogP contribution is -2.37. The normalized spacial score (nSPS) is 10.0. The van der Waals surface area contributed by atoms with Crippen LogP contribution in [0.15, 0.2) is 54.6 Å². The van der Waals surface area contributed by atoms with Gasteiger partial charge in [-0.3, -0.25) is 4.79 Å². The first-order valence-corrected chi connectivity index (χ1v) is 5.08. The van der Waals surface area contributed by atoms with Crippen LogP contribution in [0.3, 0.4) is 0 Å². The van der Waals surface area contributed by atoms with Gasteiger partial charge in [0.1, 0.15) is 5.82 Å². The van der Waals surface area contributed by atoms with E-state index in [0.717, 1.165) is 5.01 Å². The first kappa shape index (κ1) is 11.3. The van der Waals surface area contributed by atoms with E-state index in [2.05, 4.69) is 0 Å². The van der Waals surface area contributed by atoms with E-state index in [-0.39, 0.29) is 11.7 Å². The minimum absolute atomic E-state index is 0.345. The standard InChI is InChI=1S/C13H11FN2O/c14-11-8-6-10(7-9-11)13(17)16(15)12-4-2-1-3-5-12/h1-9H,15H2. The fourth-order valence-corrected chi connectivity index (χ4v) is 1.44. The summed E-state index contributed by atoms with van der Waals surface area (Å²) in [6.07, 6.45) is 0. The van der Waals surface area contributed by atoms with E-state index >= 15 is 0 Å². The van der Waals surface area contributed by atoms with Crippen LogP contribution in [-0.4, -0.2) is 5.91 Å². The molecule has 0 aliphatic carbocycles. The number of carbonyl (C=O) groups is 1. The molecule has 0 saturated heterocycles. The number of benzene rings is 2. The summed E-state index contributed by atoms with van der Waals surface area (Å²) >= 11 is 0. The third-order valence-electron chi connectivity index (χ3n) is 2.34. The molecule has 0 atom stereocenters. The van der Waals surface area contributed by atoms with Crippen molar-refractivity contribution in [3.63, 3.8) is 0 Å². The first-order valence-electron chi connectivity index (χ1n) is 5.08. The summed E-state index contributed by atoms with van der Waals surface area (Å²) in [7, 11) is 0. The number of rotatable bonds is 2. The zero-order chi connectivity index (χ0) is 12.3. The molecule has 0 saturated carbocycles. The molecule has 2 aromatic rings. The highest BCUT2D eigenvalue weighted by atomic mass is 19.1. The maximum Gasteiger partial charge on any atom is 0.272 e. The molecule has 0 fully saturated rings. The molecule has 0 radical (unpaired) electrons. The molecule has 0 spiro atoms. The Balaban J connectivity index is 2.23. The van der Waals surface area contributed by atoms with E-state index in [9.17, 15) is 9.18 Å². The average Bonchev–Trinajstić information content (AvgIpc) is 2.39. The maximum atomic E-state index is 12.7. The fraction of sp³-hybridized carbons (Fsp3) is 0. The van der Waals surface area contributed by atoms with Crippen LogP contribution in [0.4, 0.5) is 10.1 Å². The number of hydrogen-bond acceptors (Lipinski definition) is 2. The number of halogens is 1. The quantitative estimate of drug-likeness (QED) is 0.489. The van der Waals surface area contributed by atoms with Crippen LogP contribution in [0, 0.1) is 5.82 Å². The predicted octanol–water partition coefficient (Wildman–Crippen LogP) is 2.35. The molecule has 2 aromatic carbocycles. The van der Waals surface area contributed by atoms with Crippen molar-refractivity contribution in [1.82, 2.24) is 0 Å². The molecule has 17 heavy (non-hydrogen) atoms. The van der Waals surface area contributed by atoms with Gasteiger partial charge in [-0.1, -0.05) is 18.2 Å². The molecule has 0 aromatic heterocycles. The summed E-state index contributed by atoms with van der Waals surface area (Å²) in [4.78, 5) is 11.9. The van der Waals surface area contributed by atoms with Gasteiger partial charge in [0.2, 0.25) is 0 Å². The van der Waals surface area contributed by atoms with Gasteiger partial charge in [-0.05, 0) is 36.4 Å². The molecule has 1 amide bonds. The fourth-order valence-electron chi connectivity index (χ4n) is 1.44. The summed E-state index contributed by atoms with van der Waals surface area (Å²) in [6.45, 7) is 0. The van der Waals surface area contributed by atoms with Crippen molar-refractivity contribution in [1.29, 1.82) is 0 Å². The number of hydrazine groups is 1. The molecule has 3 nitrogen and oxygen atoms in total. The van der Waals surface area contributed by atoms with Gasteiger partial charge in [0.15, 0.2) is 0 Å². The minimum Gasteiger partial charge on any atom is -0.267 e. The van der Waals surface area contributed by atoms with E-state index in [1.165, 1.54) is 24.3 Å². The third-order valence-corrected chi connectivity index (χ3v) is 2.34. The number of nitrogens with two attached hydrogens (primary N) is 1. The Bertz CT molecular complexity index is 511. The second-order valence-corrected chi connectivity index (χ2v) is 3.52.